The van der Waals surface area contributed by atoms with E-state index in [2.05, 4.69) is 61.0 Å². The van der Waals surface area contributed by atoms with Gasteiger partial charge in [-0.3, -0.25) is 0 Å². The van der Waals surface area contributed by atoms with Crippen LogP contribution in [0.25, 0.3) is 0 Å². The summed E-state index contributed by atoms with van der Waals surface area (Å²) < 4.78 is 0. The van der Waals surface area contributed by atoms with Crippen molar-refractivity contribution in [1.82, 2.24) is 0 Å². The van der Waals surface area contributed by atoms with Crippen molar-refractivity contribution in [1.29, 1.82) is 0 Å². The van der Waals surface area contributed by atoms with Crippen molar-refractivity contribution in [3.05, 3.63) is 29.8 Å². The Balaban J connectivity index is 2.16. The first-order chi connectivity index (χ1) is 8.07. The van der Waals surface area contributed by atoms with Gasteiger partial charge in [0.15, 0.2) is 0 Å². The maximum atomic E-state index is 3.71. The number of benzene rings is 1. The molecule has 2 unspecified atom stereocenters. The van der Waals surface area contributed by atoms with Gasteiger partial charge in [0.25, 0.3) is 0 Å². The van der Waals surface area contributed by atoms with Crippen LogP contribution in [0.5, 0.6) is 0 Å². The van der Waals surface area contributed by atoms with E-state index < -0.39 is 0 Å². The predicted octanol–water partition coefficient (Wildman–Crippen LogP) is 5.32. The van der Waals surface area contributed by atoms with Gasteiger partial charge in [-0.25, -0.2) is 0 Å². The van der Waals surface area contributed by atoms with Crippen molar-refractivity contribution < 1.29 is 0 Å². The SMILES string of the molecule is CC(C)C(C)(CBr)CC1CSc2ccccc21. The predicted molar refractivity (Wildman–Crippen MR) is 81.3 cm³/mol. The van der Waals surface area contributed by atoms with Crippen LogP contribution in [0, 0.1) is 11.3 Å². The molecule has 0 saturated heterocycles. The van der Waals surface area contributed by atoms with Crippen LogP contribution >= 0.6 is 27.7 Å². The van der Waals surface area contributed by atoms with Gasteiger partial charge in [-0.05, 0) is 35.3 Å². The number of hydrogen-bond acceptors (Lipinski definition) is 1. The lowest BCUT2D eigenvalue weighted by atomic mass is 9.73. The van der Waals surface area contributed by atoms with E-state index >= 15 is 0 Å². The molecule has 0 bridgehead atoms. The molecular formula is C15H21BrS. The van der Waals surface area contributed by atoms with Crippen LogP contribution in [0.2, 0.25) is 0 Å². The lowest BCUT2D eigenvalue weighted by Gasteiger charge is -2.34. The van der Waals surface area contributed by atoms with Gasteiger partial charge < -0.3 is 0 Å². The van der Waals surface area contributed by atoms with E-state index in [1.807, 2.05) is 11.8 Å². The van der Waals surface area contributed by atoms with Gasteiger partial charge in [-0.2, -0.15) is 0 Å². The molecule has 1 heterocycles. The lowest BCUT2D eigenvalue weighted by molar-refractivity contribution is 0.225. The lowest BCUT2D eigenvalue weighted by Crippen LogP contribution is -2.27. The Morgan fingerprint density at radius 2 is 2.12 bits per heavy atom. The Bertz CT molecular complexity index is 388. The quantitative estimate of drug-likeness (QED) is 0.678. The average molecular weight is 313 g/mol. The zero-order chi connectivity index (χ0) is 12.5. The molecule has 17 heavy (non-hydrogen) atoms. The molecule has 94 valence electrons. The summed E-state index contributed by atoms with van der Waals surface area (Å²) in [6.45, 7) is 7.10. The third kappa shape index (κ3) is 2.73. The van der Waals surface area contributed by atoms with Crippen molar-refractivity contribution in [2.75, 3.05) is 11.1 Å². The van der Waals surface area contributed by atoms with Crippen LogP contribution in [-0.2, 0) is 0 Å². The molecule has 2 atom stereocenters. The van der Waals surface area contributed by atoms with Crippen molar-refractivity contribution in [2.24, 2.45) is 11.3 Å². The standard InChI is InChI=1S/C15H21BrS/c1-11(2)15(3,10-16)8-12-9-17-14-7-5-4-6-13(12)14/h4-7,11-12H,8-10H2,1-3H3. The van der Waals surface area contributed by atoms with Crippen LogP contribution in [0.3, 0.4) is 0 Å². The first-order valence-electron chi connectivity index (χ1n) is 6.34. The zero-order valence-corrected chi connectivity index (χ0v) is 13.3. The summed E-state index contributed by atoms with van der Waals surface area (Å²) in [6.07, 6.45) is 1.29. The summed E-state index contributed by atoms with van der Waals surface area (Å²) in [6, 6.07) is 8.91. The highest BCUT2D eigenvalue weighted by atomic mass is 79.9. The molecule has 0 fully saturated rings. The number of fused-ring (bicyclic) bond motifs is 1. The zero-order valence-electron chi connectivity index (χ0n) is 10.9. The minimum Gasteiger partial charge on any atom is -0.125 e. The topological polar surface area (TPSA) is 0 Å². The summed E-state index contributed by atoms with van der Waals surface area (Å²) in [5.41, 5.74) is 1.98. The molecule has 1 aromatic carbocycles. The third-order valence-corrected chi connectivity index (χ3v) is 6.74. The Labute approximate surface area is 118 Å². The first-order valence-corrected chi connectivity index (χ1v) is 8.45. The van der Waals surface area contributed by atoms with Crippen LogP contribution in [0.4, 0.5) is 0 Å². The maximum absolute atomic E-state index is 3.71. The maximum Gasteiger partial charge on any atom is 0.0107 e. The highest BCUT2D eigenvalue weighted by Gasteiger charge is 2.33. The fourth-order valence-corrected chi connectivity index (χ4v) is 4.54. The molecule has 0 nitrogen and oxygen atoms in total. The third-order valence-electron chi connectivity index (χ3n) is 4.21. The van der Waals surface area contributed by atoms with E-state index in [9.17, 15) is 0 Å². The summed E-state index contributed by atoms with van der Waals surface area (Å²) >= 11 is 5.74. The molecule has 0 radical (unpaired) electrons. The van der Waals surface area contributed by atoms with Crippen LogP contribution < -0.4 is 0 Å². The Hall–Kier alpha value is 0.0500. The number of rotatable bonds is 4. The second-order valence-electron chi connectivity index (χ2n) is 5.69. The van der Waals surface area contributed by atoms with Gasteiger partial charge in [-0.15, -0.1) is 11.8 Å². The van der Waals surface area contributed by atoms with Gasteiger partial charge >= 0.3 is 0 Å². The van der Waals surface area contributed by atoms with Crippen LogP contribution in [0.15, 0.2) is 29.2 Å². The Kier molecular flexibility index (Phi) is 4.25. The molecule has 1 aliphatic rings. The second-order valence-corrected chi connectivity index (χ2v) is 7.31. The molecule has 0 saturated carbocycles. The number of halogens is 1. The number of hydrogen-bond donors (Lipinski definition) is 0. The Morgan fingerprint density at radius 3 is 2.76 bits per heavy atom. The number of alkyl halides is 1. The molecule has 2 heteroatoms. The molecule has 1 aliphatic heterocycles. The summed E-state index contributed by atoms with van der Waals surface area (Å²) in [7, 11) is 0. The smallest absolute Gasteiger partial charge is 0.0107 e. The molecule has 0 aromatic heterocycles. The molecule has 0 N–H and O–H groups in total. The highest BCUT2D eigenvalue weighted by molar-refractivity contribution is 9.09. The van der Waals surface area contributed by atoms with E-state index in [0.29, 0.717) is 5.41 Å². The van der Waals surface area contributed by atoms with Crippen molar-refractivity contribution >= 4 is 27.7 Å². The molecule has 0 spiro atoms. The molecule has 0 amide bonds. The largest absolute Gasteiger partial charge is 0.125 e. The van der Waals surface area contributed by atoms with Gasteiger partial charge in [-0.1, -0.05) is 54.9 Å². The summed E-state index contributed by atoms with van der Waals surface area (Å²) in [5, 5.41) is 1.10. The number of thioether (sulfide) groups is 1. The van der Waals surface area contributed by atoms with Crippen molar-refractivity contribution in [2.45, 2.75) is 38.0 Å². The average Bonchev–Trinajstić information content (AvgIpc) is 2.72. The van der Waals surface area contributed by atoms with Crippen LogP contribution in [0.1, 0.15) is 38.7 Å². The van der Waals surface area contributed by atoms with Gasteiger partial charge in [0.1, 0.15) is 0 Å². The van der Waals surface area contributed by atoms with E-state index in [-0.39, 0.29) is 0 Å². The normalized spacial score (nSPS) is 22.5. The van der Waals surface area contributed by atoms with E-state index in [4.69, 9.17) is 0 Å². The summed E-state index contributed by atoms with van der Waals surface area (Å²) in [4.78, 5) is 1.50. The van der Waals surface area contributed by atoms with E-state index in [1.54, 1.807) is 5.56 Å². The van der Waals surface area contributed by atoms with Crippen molar-refractivity contribution in [3.63, 3.8) is 0 Å². The minimum absolute atomic E-state index is 0.405. The van der Waals surface area contributed by atoms with E-state index in [1.165, 1.54) is 17.1 Å². The molecule has 1 aromatic rings. The van der Waals surface area contributed by atoms with Crippen LogP contribution in [-0.4, -0.2) is 11.1 Å². The fraction of sp³-hybridized carbons (Fsp3) is 0.600. The monoisotopic (exact) mass is 312 g/mol. The minimum atomic E-state index is 0.405. The van der Waals surface area contributed by atoms with Gasteiger partial charge in [0, 0.05) is 16.0 Å². The molecule has 2 rings (SSSR count). The molecular weight excluding hydrogens is 292 g/mol. The first kappa shape index (κ1) is 13.5. The van der Waals surface area contributed by atoms with Crippen molar-refractivity contribution in [3.8, 4) is 0 Å². The van der Waals surface area contributed by atoms with Gasteiger partial charge in [0.05, 0.1) is 0 Å². The summed E-state index contributed by atoms with van der Waals surface area (Å²) in [5.74, 6) is 2.72. The van der Waals surface area contributed by atoms with Gasteiger partial charge in [0.2, 0.25) is 0 Å². The van der Waals surface area contributed by atoms with E-state index in [0.717, 1.165) is 17.2 Å². The fourth-order valence-electron chi connectivity index (χ4n) is 2.41. The second kappa shape index (κ2) is 5.36. The Morgan fingerprint density at radius 1 is 1.41 bits per heavy atom. The molecule has 0 aliphatic carbocycles. The highest BCUT2D eigenvalue weighted by Crippen LogP contribution is 2.47.